The summed E-state index contributed by atoms with van der Waals surface area (Å²) < 4.78 is 12.0. The Balaban J connectivity index is 1.90. The molecule has 3 rings (SSSR count). The summed E-state index contributed by atoms with van der Waals surface area (Å²) in [5, 5.41) is 2.84. The van der Waals surface area contributed by atoms with Crippen LogP contribution in [0.15, 0.2) is 18.2 Å². The number of anilines is 1. The number of fused-ring (bicyclic) bond motifs is 1. The van der Waals surface area contributed by atoms with Crippen LogP contribution in [0.25, 0.3) is 0 Å². The van der Waals surface area contributed by atoms with Crippen molar-refractivity contribution in [2.45, 2.75) is 52.2 Å². The van der Waals surface area contributed by atoms with Crippen LogP contribution in [0.3, 0.4) is 0 Å². The van der Waals surface area contributed by atoms with E-state index in [-0.39, 0.29) is 29.9 Å². The van der Waals surface area contributed by atoms with Crippen molar-refractivity contribution in [3.05, 3.63) is 23.8 Å². The van der Waals surface area contributed by atoms with Gasteiger partial charge in [-0.3, -0.25) is 14.5 Å². The summed E-state index contributed by atoms with van der Waals surface area (Å²) in [5.41, 5.74) is 1.06. The summed E-state index contributed by atoms with van der Waals surface area (Å²) in [6.07, 6.45) is 2.93. The maximum absolute atomic E-state index is 13.3. The van der Waals surface area contributed by atoms with Crippen LogP contribution in [0.5, 0.6) is 5.75 Å². The highest BCUT2D eigenvalue weighted by atomic mass is 16.5. The Morgan fingerprint density at radius 1 is 1.26 bits per heavy atom. The van der Waals surface area contributed by atoms with Gasteiger partial charge in [0, 0.05) is 51.9 Å². The third-order valence-electron chi connectivity index (χ3n) is 6.37. The molecular weight excluding hydrogens is 394 g/mol. The summed E-state index contributed by atoms with van der Waals surface area (Å²) in [6.45, 7) is 9.16. The summed E-state index contributed by atoms with van der Waals surface area (Å²) in [7, 11) is 3.51. The Hall–Kier alpha value is -2.12. The quantitative estimate of drug-likeness (QED) is 0.775. The number of carbonyl (C=O) groups excluding carboxylic acids is 2. The van der Waals surface area contributed by atoms with E-state index in [1.54, 1.807) is 44.2 Å². The fraction of sp³-hybridized carbons (Fsp3) is 0.667. The molecule has 31 heavy (non-hydrogen) atoms. The third kappa shape index (κ3) is 6.20. The lowest BCUT2D eigenvalue weighted by Crippen LogP contribution is -2.47. The molecule has 2 aliphatic rings. The first-order valence-electron chi connectivity index (χ1n) is 11.4. The van der Waals surface area contributed by atoms with Crippen molar-refractivity contribution in [1.82, 2.24) is 9.80 Å². The minimum absolute atomic E-state index is 0.0605. The average Bonchev–Trinajstić information content (AvgIpc) is 3.58. The average molecular weight is 432 g/mol. The molecule has 1 aliphatic carbocycles. The monoisotopic (exact) mass is 431 g/mol. The predicted molar refractivity (Wildman–Crippen MR) is 122 cm³/mol. The molecule has 1 aromatic carbocycles. The topological polar surface area (TPSA) is 71.1 Å². The number of amides is 2. The van der Waals surface area contributed by atoms with Gasteiger partial charge in [0.05, 0.1) is 11.7 Å². The Bertz CT molecular complexity index is 780. The number of methoxy groups -OCH3 is 1. The van der Waals surface area contributed by atoms with Gasteiger partial charge in [0.2, 0.25) is 5.91 Å². The molecule has 0 saturated heterocycles. The van der Waals surface area contributed by atoms with E-state index in [0.29, 0.717) is 36.6 Å². The van der Waals surface area contributed by atoms with Crippen LogP contribution in [0.4, 0.5) is 5.69 Å². The van der Waals surface area contributed by atoms with Crippen LogP contribution >= 0.6 is 0 Å². The van der Waals surface area contributed by atoms with Gasteiger partial charge in [0.15, 0.2) is 0 Å². The van der Waals surface area contributed by atoms with E-state index in [4.69, 9.17) is 9.47 Å². The van der Waals surface area contributed by atoms with Crippen LogP contribution in [-0.4, -0.2) is 74.2 Å². The number of nitrogens with one attached hydrogen (secondary N) is 1. The largest absolute Gasteiger partial charge is 0.491 e. The van der Waals surface area contributed by atoms with Crippen molar-refractivity contribution in [1.29, 1.82) is 0 Å². The van der Waals surface area contributed by atoms with Crippen LogP contribution in [0, 0.1) is 11.8 Å². The number of hydrogen-bond acceptors (Lipinski definition) is 5. The molecule has 172 valence electrons. The molecule has 1 heterocycles. The zero-order valence-corrected chi connectivity index (χ0v) is 19.5. The maximum atomic E-state index is 13.3. The molecule has 0 aromatic heterocycles. The van der Waals surface area contributed by atoms with E-state index < -0.39 is 0 Å². The van der Waals surface area contributed by atoms with Crippen molar-refractivity contribution in [2.24, 2.45) is 11.8 Å². The molecule has 1 N–H and O–H groups in total. The van der Waals surface area contributed by atoms with E-state index in [0.717, 1.165) is 19.0 Å². The van der Waals surface area contributed by atoms with E-state index >= 15 is 0 Å². The smallest absolute Gasteiger partial charge is 0.257 e. The maximum Gasteiger partial charge on any atom is 0.257 e. The summed E-state index contributed by atoms with van der Waals surface area (Å²) in [6, 6.07) is 5.51. The lowest BCUT2D eigenvalue weighted by molar-refractivity contribution is -0.115. The minimum Gasteiger partial charge on any atom is -0.491 e. The zero-order valence-electron chi connectivity index (χ0n) is 19.5. The normalized spacial score (nSPS) is 25.8. The fourth-order valence-electron chi connectivity index (χ4n) is 4.07. The van der Waals surface area contributed by atoms with Crippen LogP contribution in [0.1, 0.15) is 50.4 Å². The van der Waals surface area contributed by atoms with Gasteiger partial charge >= 0.3 is 0 Å². The number of hydrogen-bond donors (Lipinski definition) is 1. The van der Waals surface area contributed by atoms with Crippen molar-refractivity contribution < 1.29 is 19.1 Å². The first kappa shape index (κ1) is 23.5. The molecule has 1 saturated carbocycles. The molecule has 1 aliphatic heterocycles. The molecule has 0 spiro atoms. The van der Waals surface area contributed by atoms with Gasteiger partial charge in [-0.05, 0) is 49.8 Å². The van der Waals surface area contributed by atoms with Crippen LogP contribution in [-0.2, 0) is 9.53 Å². The molecule has 7 heteroatoms. The molecule has 1 aromatic rings. The zero-order chi connectivity index (χ0) is 22.5. The lowest BCUT2D eigenvalue weighted by Gasteiger charge is -2.36. The Labute approximate surface area is 186 Å². The predicted octanol–water partition coefficient (Wildman–Crippen LogP) is 3.25. The van der Waals surface area contributed by atoms with Crippen LogP contribution < -0.4 is 10.1 Å². The second-order valence-electron chi connectivity index (χ2n) is 9.11. The number of ether oxygens (including phenoxy) is 2. The third-order valence-corrected chi connectivity index (χ3v) is 6.37. The highest BCUT2D eigenvalue weighted by molar-refractivity contribution is 5.99. The molecular formula is C24H37N3O4. The molecule has 0 unspecified atom stereocenters. The number of likely N-dealkylation sites (N-methyl/N-ethyl adjacent to an activating group) is 1. The molecule has 0 radical (unpaired) electrons. The van der Waals surface area contributed by atoms with E-state index in [1.807, 2.05) is 0 Å². The summed E-state index contributed by atoms with van der Waals surface area (Å²) >= 11 is 0. The van der Waals surface area contributed by atoms with Crippen LogP contribution in [0.2, 0.25) is 0 Å². The molecule has 0 bridgehead atoms. The number of rotatable bonds is 5. The van der Waals surface area contributed by atoms with Gasteiger partial charge in [0.25, 0.3) is 5.91 Å². The Kier molecular flexibility index (Phi) is 7.94. The standard InChI is InChI=1S/C24H37N3O4/c1-6-23(28)25-19-9-10-21-20(11-19)24(29)26(4)14-22(30-5)16(2)12-27(13-18-7-8-18)17(3)15-31-21/h9-11,16-18,22H,6-8,12-15H2,1-5H3,(H,25,28)/t16-,17+,22+/m0/s1. The van der Waals surface area contributed by atoms with E-state index in [1.165, 1.54) is 12.8 Å². The number of carbonyl (C=O) groups is 2. The molecule has 2 amide bonds. The van der Waals surface area contributed by atoms with Gasteiger partial charge in [0.1, 0.15) is 12.4 Å². The number of benzene rings is 1. The molecule has 7 nitrogen and oxygen atoms in total. The van der Waals surface area contributed by atoms with Gasteiger partial charge in [-0.2, -0.15) is 0 Å². The van der Waals surface area contributed by atoms with Gasteiger partial charge < -0.3 is 19.7 Å². The first-order chi connectivity index (χ1) is 14.8. The first-order valence-corrected chi connectivity index (χ1v) is 11.4. The molecule has 1 fully saturated rings. The van der Waals surface area contributed by atoms with E-state index in [9.17, 15) is 9.59 Å². The minimum atomic E-state index is -0.139. The van der Waals surface area contributed by atoms with Crippen molar-refractivity contribution >= 4 is 17.5 Å². The highest BCUT2D eigenvalue weighted by Gasteiger charge is 2.31. The van der Waals surface area contributed by atoms with Gasteiger partial charge in [-0.1, -0.05) is 13.8 Å². The van der Waals surface area contributed by atoms with Crippen molar-refractivity contribution in [2.75, 3.05) is 45.7 Å². The molecule has 3 atom stereocenters. The van der Waals surface area contributed by atoms with Gasteiger partial charge in [-0.15, -0.1) is 0 Å². The highest BCUT2D eigenvalue weighted by Crippen LogP contribution is 2.31. The van der Waals surface area contributed by atoms with Gasteiger partial charge in [-0.25, -0.2) is 0 Å². The Morgan fingerprint density at radius 2 is 2.00 bits per heavy atom. The van der Waals surface area contributed by atoms with E-state index in [2.05, 4.69) is 24.1 Å². The summed E-state index contributed by atoms with van der Waals surface area (Å²) in [4.78, 5) is 29.3. The second kappa shape index (κ2) is 10.5. The van der Waals surface area contributed by atoms with Crippen molar-refractivity contribution in [3.63, 3.8) is 0 Å². The Morgan fingerprint density at radius 3 is 2.65 bits per heavy atom. The fourth-order valence-corrected chi connectivity index (χ4v) is 4.07. The second-order valence-corrected chi connectivity index (χ2v) is 9.11. The lowest BCUT2D eigenvalue weighted by atomic mass is 10.0. The summed E-state index contributed by atoms with van der Waals surface area (Å²) in [5.74, 6) is 1.37. The SMILES string of the molecule is CCC(=O)Nc1ccc2c(c1)C(=O)N(C)C[C@@H](OC)[C@@H](C)CN(CC1CC1)[C@H](C)CO2. The van der Waals surface area contributed by atoms with Crippen molar-refractivity contribution in [3.8, 4) is 5.75 Å². The number of nitrogens with zero attached hydrogens (tertiary/aromatic N) is 2.